The summed E-state index contributed by atoms with van der Waals surface area (Å²) in [5.74, 6) is -1.44. The predicted molar refractivity (Wildman–Crippen MR) is 87.1 cm³/mol. The summed E-state index contributed by atoms with van der Waals surface area (Å²) in [5, 5.41) is 0. The van der Waals surface area contributed by atoms with Gasteiger partial charge in [0.25, 0.3) is 6.47 Å². The number of halogens is 3. The topological polar surface area (TPSA) is 64.6 Å². The molecule has 1 aromatic heterocycles. The van der Waals surface area contributed by atoms with Crippen molar-refractivity contribution in [1.82, 2.24) is 14.9 Å². The Balaban J connectivity index is 2.22. The van der Waals surface area contributed by atoms with Crippen LogP contribution in [0, 0.1) is 12.7 Å². The molecular weight excluding hydrogens is 351 g/mol. The molecule has 0 N–H and O–H groups in total. The summed E-state index contributed by atoms with van der Waals surface area (Å²) in [6.45, 7) is 0.245. The summed E-state index contributed by atoms with van der Waals surface area (Å²) in [6.07, 6.45) is 1.48. The molecule has 0 fully saturated rings. The summed E-state index contributed by atoms with van der Waals surface area (Å²) in [6, 6.07) is 3.61. The number of aromatic nitrogens is 2. The van der Waals surface area contributed by atoms with Gasteiger partial charge in [0.2, 0.25) is 0 Å². The lowest BCUT2D eigenvalue weighted by atomic mass is 10.1. The van der Waals surface area contributed by atoms with Crippen LogP contribution in [-0.2, 0) is 16.1 Å². The average molecular weight is 369 g/mol. The molecule has 140 valence electrons. The molecule has 0 saturated heterocycles. The van der Waals surface area contributed by atoms with E-state index in [1.807, 2.05) is 11.9 Å². The molecule has 0 radical (unpaired) electrons. The second-order valence-electron chi connectivity index (χ2n) is 5.52. The van der Waals surface area contributed by atoms with Crippen molar-refractivity contribution in [3.63, 3.8) is 0 Å². The first-order valence-corrected chi connectivity index (χ1v) is 7.71. The summed E-state index contributed by atoms with van der Waals surface area (Å²) in [7, 11) is 1.83. The highest BCUT2D eigenvalue weighted by atomic mass is 19.3. The molecule has 26 heavy (non-hydrogen) atoms. The zero-order valence-corrected chi connectivity index (χ0v) is 14.3. The van der Waals surface area contributed by atoms with Gasteiger partial charge in [-0.05, 0) is 32.2 Å². The second-order valence-corrected chi connectivity index (χ2v) is 5.52. The molecule has 0 aliphatic heterocycles. The Morgan fingerprint density at radius 1 is 1.35 bits per heavy atom. The first-order valence-electron chi connectivity index (χ1n) is 7.71. The fraction of sp³-hybridized carbons (Fsp3) is 0.353. The number of nitrogens with zero attached hydrogens (tertiary/aromatic N) is 3. The Kier molecular flexibility index (Phi) is 6.90. The summed E-state index contributed by atoms with van der Waals surface area (Å²) >= 11 is 0. The Labute approximate surface area is 148 Å². The number of carbonyl (C=O) groups excluding carboxylic acids is 1. The van der Waals surface area contributed by atoms with Gasteiger partial charge < -0.3 is 9.47 Å². The van der Waals surface area contributed by atoms with Crippen molar-refractivity contribution in [1.29, 1.82) is 0 Å². The quantitative estimate of drug-likeness (QED) is 0.500. The maximum absolute atomic E-state index is 13.6. The van der Waals surface area contributed by atoms with E-state index in [9.17, 15) is 18.0 Å². The maximum Gasteiger partial charge on any atom is 0.387 e. The predicted octanol–water partition coefficient (Wildman–Crippen LogP) is 2.80. The third-order valence-electron chi connectivity index (χ3n) is 3.58. The standard InChI is InChI=1S/C17H18F3N3O3/c1-11-15(9-23(2)5-6-25-10-24)22-14(8-21-11)12-3-4-13(18)16(7-12)26-17(19)20/h3-4,7-8,10,17H,5-6,9H2,1-2H3. The summed E-state index contributed by atoms with van der Waals surface area (Å²) < 4.78 is 47.1. The third kappa shape index (κ3) is 5.41. The number of ether oxygens (including phenoxy) is 2. The van der Waals surface area contributed by atoms with Gasteiger partial charge in [-0.15, -0.1) is 0 Å². The van der Waals surface area contributed by atoms with Gasteiger partial charge in [0, 0.05) is 18.7 Å². The van der Waals surface area contributed by atoms with Gasteiger partial charge in [-0.3, -0.25) is 14.7 Å². The average Bonchev–Trinajstić information content (AvgIpc) is 2.59. The molecule has 0 bridgehead atoms. The van der Waals surface area contributed by atoms with E-state index in [1.165, 1.54) is 12.3 Å². The Morgan fingerprint density at radius 3 is 2.81 bits per heavy atom. The highest BCUT2D eigenvalue weighted by molar-refractivity contribution is 5.60. The van der Waals surface area contributed by atoms with E-state index in [0.29, 0.717) is 42.2 Å². The third-order valence-corrected chi connectivity index (χ3v) is 3.58. The van der Waals surface area contributed by atoms with Crippen LogP contribution in [0.25, 0.3) is 11.3 Å². The number of likely N-dealkylation sites (N-methyl/N-ethyl adjacent to an activating group) is 1. The van der Waals surface area contributed by atoms with Crippen LogP contribution in [0.4, 0.5) is 13.2 Å². The van der Waals surface area contributed by atoms with Gasteiger partial charge >= 0.3 is 6.61 Å². The minimum Gasteiger partial charge on any atom is -0.467 e. The van der Waals surface area contributed by atoms with Crippen molar-refractivity contribution in [2.24, 2.45) is 0 Å². The molecule has 0 aliphatic rings. The van der Waals surface area contributed by atoms with Crippen LogP contribution in [0.15, 0.2) is 24.4 Å². The zero-order chi connectivity index (χ0) is 19.1. The van der Waals surface area contributed by atoms with Crippen LogP contribution in [0.3, 0.4) is 0 Å². The molecule has 2 aromatic rings. The van der Waals surface area contributed by atoms with E-state index >= 15 is 0 Å². The number of aryl methyl sites for hydroxylation is 1. The lowest BCUT2D eigenvalue weighted by Gasteiger charge is -2.17. The number of rotatable bonds is 9. The Bertz CT molecular complexity index is 759. The monoisotopic (exact) mass is 369 g/mol. The molecule has 0 amide bonds. The molecule has 9 heteroatoms. The van der Waals surface area contributed by atoms with Gasteiger partial charge in [0.1, 0.15) is 6.61 Å². The molecule has 0 atom stereocenters. The molecule has 2 rings (SSSR count). The van der Waals surface area contributed by atoms with E-state index in [0.717, 1.165) is 12.1 Å². The first-order chi connectivity index (χ1) is 12.4. The highest BCUT2D eigenvalue weighted by Gasteiger charge is 2.14. The van der Waals surface area contributed by atoms with Gasteiger partial charge in [0.05, 0.1) is 23.3 Å². The van der Waals surface area contributed by atoms with E-state index in [4.69, 9.17) is 0 Å². The molecule has 0 unspecified atom stereocenters. The van der Waals surface area contributed by atoms with E-state index in [2.05, 4.69) is 19.4 Å². The van der Waals surface area contributed by atoms with E-state index in [1.54, 1.807) is 6.92 Å². The SMILES string of the molecule is Cc1ncc(-c2ccc(F)c(OC(F)F)c2)nc1CN(C)CCOC=O. The summed E-state index contributed by atoms with van der Waals surface area (Å²) in [4.78, 5) is 20.8. The summed E-state index contributed by atoms with van der Waals surface area (Å²) in [5.41, 5.74) is 2.17. The fourth-order valence-corrected chi connectivity index (χ4v) is 2.22. The van der Waals surface area contributed by atoms with Crippen LogP contribution >= 0.6 is 0 Å². The zero-order valence-electron chi connectivity index (χ0n) is 14.3. The maximum atomic E-state index is 13.6. The minimum atomic E-state index is -3.12. The smallest absolute Gasteiger partial charge is 0.387 e. The van der Waals surface area contributed by atoms with Crippen LogP contribution < -0.4 is 4.74 Å². The molecule has 6 nitrogen and oxygen atoms in total. The fourth-order valence-electron chi connectivity index (χ4n) is 2.22. The lowest BCUT2D eigenvalue weighted by Crippen LogP contribution is -2.24. The van der Waals surface area contributed by atoms with Crippen LogP contribution in [0.1, 0.15) is 11.4 Å². The molecular formula is C17H18F3N3O3. The van der Waals surface area contributed by atoms with E-state index < -0.39 is 18.2 Å². The number of benzene rings is 1. The van der Waals surface area contributed by atoms with Crippen LogP contribution in [-0.4, -0.2) is 48.2 Å². The molecule has 0 saturated carbocycles. The van der Waals surface area contributed by atoms with Gasteiger partial charge in [-0.2, -0.15) is 8.78 Å². The number of hydrogen-bond donors (Lipinski definition) is 0. The first kappa shape index (κ1) is 19.6. The number of alkyl halides is 2. The van der Waals surface area contributed by atoms with Crippen molar-refractivity contribution >= 4 is 6.47 Å². The highest BCUT2D eigenvalue weighted by Crippen LogP contribution is 2.26. The molecule has 0 aliphatic carbocycles. The van der Waals surface area contributed by atoms with Crippen molar-refractivity contribution in [3.8, 4) is 17.0 Å². The normalized spacial score (nSPS) is 11.0. The largest absolute Gasteiger partial charge is 0.467 e. The molecule has 1 heterocycles. The Hall–Kier alpha value is -2.68. The number of hydrogen-bond acceptors (Lipinski definition) is 6. The minimum absolute atomic E-state index is 0.248. The second kappa shape index (κ2) is 9.14. The van der Waals surface area contributed by atoms with Crippen LogP contribution in [0.5, 0.6) is 5.75 Å². The molecule has 0 spiro atoms. The van der Waals surface area contributed by atoms with Crippen molar-refractivity contribution in [2.45, 2.75) is 20.1 Å². The number of carbonyl (C=O) groups is 1. The van der Waals surface area contributed by atoms with Gasteiger partial charge in [0.15, 0.2) is 11.6 Å². The Morgan fingerprint density at radius 2 is 2.12 bits per heavy atom. The van der Waals surface area contributed by atoms with Crippen molar-refractivity contribution < 1.29 is 27.4 Å². The van der Waals surface area contributed by atoms with Gasteiger partial charge in [-0.25, -0.2) is 9.37 Å². The van der Waals surface area contributed by atoms with Crippen molar-refractivity contribution in [2.75, 3.05) is 20.2 Å². The van der Waals surface area contributed by atoms with E-state index in [-0.39, 0.29) is 6.61 Å². The van der Waals surface area contributed by atoms with Gasteiger partial charge in [-0.1, -0.05) is 0 Å². The molecule has 1 aromatic carbocycles. The van der Waals surface area contributed by atoms with Crippen LogP contribution in [0.2, 0.25) is 0 Å². The lowest BCUT2D eigenvalue weighted by molar-refractivity contribution is -0.129. The van der Waals surface area contributed by atoms with Crippen molar-refractivity contribution in [3.05, 3.63) is 41.6 Å².